The lowest BCUT2D eigenvalue weighted by Gasteiger charge is -2.05. The van der Waals surface area contributed by atoms with Crippen molar-refractivity contribution < 1.29 is 14.6 Å². The molecule has 0 fully saturated rings. The van der Waals surface area contributed by atoms with E-state index < -0.39 is 11.5 Å². The zero-order valence-corrected chi connectivity index (χ0v) is 10.4. The first-order valence-corrected chi connectivity index (χ1v) is 5.90. The van der Waals surface area contributed by atoms with Crippen molar-refractivity contribution in [2.45, 2.75) is 13.3 Å². The van der Waals surface area contributed by atoms with Crippen LogP contribution in [0.3, 0.4) is 0 Å². The number of aromatic carboxylic acids is 1. The Morgan fingerprint density at radius 3 is 2.53 bits per heavy atom. The lowest BCUT2D eigenvalue weighted by molar-refractivity contribution is 0.0691. The zero-order valence-electron chi connectivity index (χ0n) is 10.4. The van der Waals surface area contributed by atoms with Crippen LogP contribution < -0.4 is 10.3 Å². The van der Waals surface area contributed by atoms with Gasteiger partial charge in [-0.15, -0.1) is 0 Å². The van der Waals surface area contributed by atoms with Crippen molar-refractivity contribution in [3.63, 3.8) is 0 Å². The van der Waals surface area contributed by atoms with Crippen molar-refractivity contribution in [3.05, 3.63) is 40.3 Å². The van der Waals surface area contributed by atoms with E-state index in [0.29, 0.717) is 17.9 Å². The molecule has 0 saturated heterocycles. The van der Waals surface area contributed by atoms with Gasteiger partial charge in [-0.2, -0.15) is 0 Å². The molecule has 100 valence electrons. The van der Waals surface area contributed by atoms with Gasteiger partial charge in [0, 0.05) is 0 Å². The average molecular weight is 262 g/mol. The number of hydrogen-bond acceptors (Lipinski definition) is 3. The van der Waals surface area contributed by atoms with Crippen LogP contribution in [0, 0.1) is 0 Å². The lowest BCUT2D eigenvalue weighted by Crippen LogP contribution is -2.05. The fourth-order valence-electron chi connectivity index (χ4n) is 1.73. The molecule has 6 heteroatoms. The van der Waals surface area contributed by atoms with Crippen LogP contribution in [0.1, 0.15) is 23.8 Å². The molecule has 0 bridgehead atoms. The van der Waals surface area contributed by atoms with Crippen molar-refractivity contribution in [2.75, 3.05) is 6.61 Å². The second-order valence-corrected chi connectivity index (χ2v) is 4.01. The summed E-state index contributed by atoms with van der Waals surface area (Å²) in [6, 6.07) is 6.75. The number of hydrogen-bond donors (Lipinski definition) is 3. The highest BCUT2D eigenvalue weighted by Gasteiger charge is 2.17. The summed E-state index contributed by atoms with van der Waals surface area (Å²) in [5.41, 5.74) is 0.0464. The second kappa shape index (κ2) is 5.43. The van der Waals surface area contributed by atoms with Crippen LogP contribution in [0.4, 0.5) is 0 Å². The van der Waals surface area contributed by atoms with Crippen molar-refractivity contribution in [3.8, 4) is 16.9 Å². The second-order valence-electron chi connectivity index (χ2n) is 4.01. The first-order valence-electron chi connectivity index (χ1n) is 5.90. The minimum Gasteiger partial charge on any atom is -0.494 e. The fourth-order valence-corrected chi connectivity index (χ4v) is 1.73. The van der Waals surface area contributed by atoms with Gasteiger partial charge in [-0.25, -0.2) is 4.79 Å². The molecule has 0 atom stereocenters. The molecule has 0 spiro atoms. The monoisotopic (exact) mass is 262 g/mol. The number of carbonyl (C=O) groups is 1. The highest BCUT2D eigenvalue weighted by atomic mass is 16.5. The van der Waals surface area contributed by atoms with Gasteiger partial charge in [0.25, 0.3) is 5.56 Å². The predicted molar refractivity (Wildman–Crippen MR) is 69.6 cm³/mol. The van der Waals surface area contributed by atoms with Crippen LogP contribution in [-0.4, -0.2) is 27.9 Å². The van der Waals surface area contributed by atoms with Crippen LogP contribution in [0.15, 0.2) is 29.1 Å². The Bertz CT molecular complexity index is 625. The maximum Gasteiger partial charge on any atom is 0.354 e. The predicted octanol–water partition coefficient (Wildman–Crippen LogP) is 1.86. The number of carboxylic acid groups (broad SMARTS) is 1. The van der Waals surface area contributed by atoms with E-state index in [1.165, 1.54) is 0 Å². The third-order valence-corrected chi connectivity index (χ3v) is 2.61. The number of rotatable bonds is 5. The highest BCUT2D eigenvalue weighted by molar-refractivity contribution is 5.93. The quantitative estimate of drug-likeness (QED) is 0.766. The summed E-state index contributed by atoms with van der Waals surface area (Å²) in [5.74, 6) is -0.492. The smallest absolute Gasteiger partial charge is 0.354 e. The maximum absolute atomic E-state index is 11.6. The largest absolute Gasteiger partial charge is 0.494 e. The van der Waals surface area contributed by atoms with Gasteiger partial charge in [0.05, 0.1) is 12.2 Å². The summed E-state index contributed by atoms with van der Waals surface area (Å²) in [6.45, 7) is 2.62. The molecule has 0 aliphatic rings. The third kappa shape index (κ3) is 2.67. The summed E-state index contributed by atoms with van der Waals surface area (Å²) in [5, 5.41) is 13.6. The number of benzene rings is 1. The van der Waals surface area contributed by atoms with Gasteiger partial charge in [0.2, 0.25) is 0 Å². The Morgan fingerprint density at radius 2 is 1.95 bits per heavy atom. The van der Waals surface area contributed by atoms with Crippen molar-refractivity contribution >= 4 is 5.97 Å². The molecule has 2 rings (SSSR count). The van der Waals surface area contributed by atoms with E-state index in [2.05, 4.69) is 10.2 Å². The lowest BCUT2D eigenvalue weighted by atomic mass is 10.1. The number of H-pyrrole nitrogens is 2. The number of aromatic amines is 2. The summed E-state index contributed by atoms with van der Waals surface area (Å²) in [4.78, 5) is 22.6. The number of carboxylic acids is 1. The molecule has 19 heavy (non-hydrogen) atoms. The van der Waals surface area contributed by atoms with Gasteiger partial charge < -0.3 is 9.84 Å². The molecule has 1 aromatic heterocycles. The SMILES string of the molecule is CCCOc1ccc(-c2c(C(=O)O)[nH][nH]c2=O)cc1. The molecule has 3 N–H and O–H groups in total. The summed E-state index contributed by atoms with van der Waals surface area (Å²) >= 11 is 0. The van der Waals surface area contributed by atoms with Crippen LogP contribution in [0.5, 0.6) is 5.75 Å². The number of ether oxygens (including phenoxy) is 1. The van der Waals surface area contributed by atoms with Crippen LogP contribution >= 0.6 is 0 Å². The summed E-state index contributed by atoms with van der Waals surface area (Å²) in [6.07, 6.45) is 0.905. The first-order chi connectivity index (χ1) is 9.13. The van der Waals surface area contributed by atoms with E-state index in [9.17, 15) is 9.59 Å². The molecular weight excluding hydrogens is 248 g/mol. The van der Waals surface area contributed by atoms with E-state index >= 15 is 0 Å². The molecule has 1 aromatic carbocycles. The van der Waals surface area contributed by atoms with Gasteiger partial charge in [-0.1, -0.05) is 19.1 Å². The Morgan fingerprint density at radius 1 is 1.26 bits per heavy atom. The van der Waals surface area contributed by atoms with Gasteiger partial charge in [0.15, 0.2) is 5.69 Å². The highest BCUT2D eigenvalue weighted by Crippen LogP contribution is 2.22. The van der Waals surface area contributed by atoms with Crippen LogP contribution in [0.25, 0.3) is 11.1 Å². The first kappa shape index (κ1) is 12.9. The molecule has 0 aliphatic carbocycles. The Hall–Kier alpha value is -2.50. The van der Waals surface area contributed by atoms with Crippen molar-refractivity contribution in [1.82, 2.24) is 10.2 Å². The molecular formula is C13H14N2O4. The standard InChI is InChI=1S/C13H14N2O4/c1-2-7-19-9-5-3-8(4-6-9)10-11(13(17)18)14-15-12(10)16/h3-6H,2,7H2,1H3,(H,17,18)(H2,14,15,16). The van der Waals surface area contributed by atoms with Crippen LogP contribution in [-0.2, 0) is 0 Å². The van der Waals surface area contributed by atoms with E-state index in [1.54, 1.807) is 24.3 Å². The molecule has 0 amide bonds. The molecule has 0 saturated carbocycles. The molecule has 1 heterocycles. The zero-order chi connectivity index (χ0) is 13.8. The van der Waals surface area contributed by atoms with Gasteiger partial charge >= 0.3 is 5.97 Å². The Labute approximate surface area is 109 Å². The summed E-state index contributed by atoms with van der Waals surface area (Å²) < 4.78 is 5.43. The van der Waals surface area contributed by atoms with E-state index in [4.69, 9.17) is 9.84 Å². The van der Waals surface area contributed by atoms with Crippen LogP contribution in [0.2, 0.25) is 0 Å². The van der Waals surface area contributed by atoms with Crippen molar-refractivity contribution in [1.29, 1.82) is 0 Å². The maximum atomic E-state index is 11.6. The van der Waals surface area contributed by atoms with Gasteiger partial charge in [0.1, 0.15) is 5.75 Å². The van der Waals surface area contributed by atoms with E-state index in [0.717, 1.165) is 6.42 Å². The number of aromatic nitrogens is 2. The van der Waals surface area contributed by atoms with Gasteiger partial charge in [-0.3, -0.25) is 15.0 Å². The minimum atomic E-state index is -1.18. The van der Waals surface area contributed by atoms with E-state index in [1.807, 2.05) is 6.92 Å². The molecule has 0 unspecified atom stereocenters. The van der Waals surface area contributed by atoms with Crippen molar-refractivity contribution in [2.24, 2.45) is 0 Å². The van der Waals surface area contributed by atoms with E-state index in [-0.39, 0.29) is 11.3 Å². The molecule has 0 aliphatic heterocycles. The number of nitrogens with one attached hydrogen (secondary N) is 2. The Kier molecular flexibility index (Phi) is 3.70. The Balaban J connectivity index is 2.35. The fraction of sp³-hybridized carbons (Fsp3) is 0.231. The topological polar surface area (TPSA) is 95.2 Å². The molecule has 6 nitrogen and oxygen atoms in total. The third-order valence-electron chi connectivity index (χ3n) is 2.61. The summed E-state index contributed by atoms with van der Waals surface area (Å²) in [7, 11) is 0. The molecule has 0 radical (unpaired) electrons. The normalized spacial score (nSPS) is 10.4. The average Bonchev–Trinajstić information content (AvgIpc) is 2.79. The molecule has 2 aromatic rings. The van der Waals surface area contributed by atoms with Gasteiger partial charge in [-0.05, 0) is 24.1 Å². The minimum absolute atomic E-state index is 0.120.